The number of carbonyl (C=O) groups excluding carboxylic acids is 3. The molecule has 4 N–H and O–H groups in total. The Kier molecular flexibility index (Phi) is 7.89. The zero-order valence-corrected chi connectivity index (χ0v) is 23.3. The molecular formula is C32H37N5O3. The fourth-order valence-electron chi connectivity index (χ4n) is 5.56. The van der Waals surface area contributed by atoms with Gasteiger partial charge in [-0.25, -0.2) is 0 Å². The average Bonchev–Trinajstić information content (AvgIpc) is 3.09. The third-order valence-electron chi connectivity index (χ3n) is 7.93. The third-order valence-corrected chi connectivity index (χ3v) is 7.93. The van der Waals surface area contributed by atoms with E-state index in [1.54, 1.807) is 35.2 Å². The number of nitrogens with zero attached hydrogens (tertiary/aromatic N) is 2. The molecule has 208 valence electrons. The topological polar surface area (TPSA) is 108 Å². The SMILES string of the molecule is Cc1ccc(C2CC(=O)Nc3cc(C(=O)NC4CCCCC4N)ccc3N2C(=O)c2ccc(N(C)C)cc2)cc1. The number of carbonyl (C=O) groups is 3. The molecule has 3 aromatic rings. The largest absolute Gasteiger partial charge is 0.378 e. The van der Waals surface area contributed by atoms with Gasteiger partial charge in [0, 0.05) is 43.0 Å². The van der Waals surface area contributed by atoms with Gasteiger partial charge in [0.25, 0.3) is 11.8 Å². The Labute approximate surface area is 235 Å². The number of hydrogen-bond donors (Lipinski definition) is 3. The summed E-state index contributed by atoms with van der Waals surface area (Å²) < 4.78 is 0. The molecule has 1 saturated carbocycles. The van der Waals surface area contributed by atoms with Crippen LogP contribution in [0.15, 0.2) is 66.7 Å². The molecule has 3 aromatic carbocycles. The van der Waals surface area contributed by atoms with E-state index in [9.17, 15) is 14.4 Å². The van der Waals surface area contributed by atoms with Crippen molar-refractivity contribution in [1.29, 1.82) is 0 Å². The predicted octanol–water partition coefficient (Wildman–Crippen LogP) is 4.79. The molecule has 1 aliphatic carbocycles. The molecule has 1 heterocycles. The van der Waals surface area contributed by atoms with Gasteiger partial charge in [0.1, 0.15) is 0 Å². The fourth-order valence-corrected chi connectivity index (χ4v) is 5.56. The van der Waals surface area contributed by atoms with Gasteiger partial charge in [-0.15, -0.1) is 0 Å². The second-order valence-electron chi connectivity index (χ2n) is 11.1. The van der Waals surface area contributed by atoms with Gasteiger partial charge < -0.3 is 21.3 Å². The second-order valence-corrected chi connectivity index (χ2v) is 11.1. The van der Waals surface area contributed by atoms with E-state index in [0.29, 0.717) is 22.5 Å². The van der Waals surface area contributed by atoms with Crippen LogP contribution >= 0.6 is 0 Å². The molecule has 0 aromatic heterocycles. The van der Waals surface area contributed by atoms with Gasteiger partial charge >= 0.3 is 0 Å². The Morgan fingerprint density at radius 3 is 2.30 bits per heavy atom. The van der Waals surface area contributed by atoms with E-state index in [2.05, 4.69) is 10.6 Å². The highest BCUT2D eigenvalue weighted by atomic mass is 16.2. The molecule has 0 bridgehead atoms. The molecule has 8 nitrogen and oxygen atoms in total. The second kappa shape index (κ2) is 11.5. The van der Waals surface area contributed by atoms with E-state index >= 15 is 0 Å². The fraction of sp³-hybridized carbons (Fsp3) is 0.344. The molecule has 1 aliphatic heterocycles. The minimum Gasteiger partial charge on any atom is -0.378 e. The lowest BCUT2D eigenvalue weighted by molar-refractivity contribution is -0.116. The number of anilines is 3. The van der Waals surface area contributed by atoms with Crippen LogP contribution in [0.3, 0.4) is 0 Å². The highest BCUT2D eigenvalue weighted by molar-refractivity contribution is 6.12. The summed E-state index contributed by atoms with van der Waals surface area (Å²) in [4.78, 5) is 44.2. The van der Waals surface area contributed by atoms with Crippen LogP contribution in [0.2, 0.25) is 0 Å². The van der Waals surface area contributed by atoms with Gasteiger partial charge in [-0.05, 0) is 67.8 Å². The first-order chi connectivity index (χ1) is 19.2. The minimum absolute atomic E-state index is 0.0690. The minimum atomic E-state index is -0.525. The van der Waals surface area contributed by atoms with E-state index in [1.165, 1.54) is 0 Å². The first kappa shape index (κ1) is 27.4. The summed E-state index contributed by atoms with van der Waals surface area (Å²) in [6.07, 6.45) is 3.92. The number of amides is 3. The van der Waals surface area contributed by atoms with Crippen LogP contribution < -0.4 is 26.2 Å². The summed E-state index contributed by atoms with van der Waals surface area (Å²) in [5.41, 5.74) is 11.1. The Balaban J connectivity index is 1.54. The van der Waals surface area contributed by atoms with Gasteiger partial charge in [0.2, 0.25) is 5.91 Å². The summed E-state index contributed by atoms with van der Waals surface area (Å²) in [6, 6.07) is 19.7. The van der Waals surface area contributed by atoms with Gasteiger partial charge in [-0.2, -0.15) is 0 Å². The predicted molar refractivity (Wildman–Crippen MR) is 159 cm³/mol. The summed E-state index contributed by atoms with van der Waals surface area (Å²) in [7, 11) is 3.89. The number of hydrogen-bond acceptors (Lipinski definition) is 5. The zero-order valence-electron chi connectivity index (χ0n) is 23.3. The van der Waals surface area contributed by atoms with Crippen molar-refractivity contribution in [3.8, 4) is 0 Å². The first-order valence-electron chi connectivity index (χ1n) is 13.9. The molecule has 8 heteroatoms. The average molecular weight is 540 g/mol. The lowest BCUT2D eigenvalue weighted by atomic mass is 9.91. The summed E-state index contributed by atoms with van der Waals surface area (Å²) in [5.74, 6) is -0.688. The van der Waals surface area contributed by atoms with Crippen LogP contribution in [0.4, 0.5) is 17.1 Å². The van der Waals surface area contributed by atoms with E-state index in [1.807, 2.05) is 62.3 Å². The maximum atomic E-state index is 14.2. The summed E-state index contributed by atoms with van der Waals surface area (Å²) in [6.45, 7) is 2.00. The molecule has 40 heavy (non-hydrogen) atoms. The molecule has 3 unspecified atom stereocenters. The van der Waals surface area contributed by atoms with Crippen molar-refractivity contribution in [2.75, 3.05) is 29.2 Å². The molecule has 3 atom stereocenters. The normalized spacial score (nSPS) is 20.6. The number of aryl methyl sites for hydroxylation is 1. The number of nitrogens with two attached hydrogens (primary N) is 1. The van der Waals surface area contributed by atoms with Crippen LogP contribution in [-0.2, 0) is 4.79 Å². The van der Waals surface area contributed by atoms with Crippen LogP contribution in [0.25, 0.3) is 0 Å². The van der Waals surface area contributed by atoms with Crippen molar-refractivity contribution in [3.05, 3.63) is 89.0 Å². The molecular weight excluding hydrogens is 502 g/mol. The first-order valence-corrected chi connectivity index (χ1v) is 13.9. The summed E-state index contributed by atoms with van der Waals surface area (Å²) >= 11 is 0. The number of nitrogens with one attached hydrogen (secondary N) is 2. The monoisotopic (exact) mass is 539 g/mol. The molecule has 2 aliphatic rings. The molecule has 3 amide bonds. The van der Waals surface area contributed by atoms with Crippen molar-refractivity contribution in [2.45, 2.75) is 57.2 Å². The van der Waals surface area contributed by atoms with Crippen LogP contribution in [0, 0.1) is 6.92 Å². The molecule has 1 fully saturated rings. The smallest absolute Gasteiger partial charge is 0.258 e. The maximum absolute atomic E-state index is 14.2. The maximum Gasteiger partial charge on any atom is 0.258 e. The number of benzene rings is 3. The highest BCUT2D eigenvalue weighted by Crippen LogP contribution is 2.40. The van der Waals surface area contributed by atoms with Crippen LogP contribution in [-0.4, -0.2) is 43.9 Å². The van der Waals surface area contributed by atoms with Crippen molar-refractivity contribution in [3.63, 3.8) is 0 Å². The van der Waals surface area contributed by atoms with Crippen LogP contribution in [0.5, 0.6) is 0 Å². The van der Waals surface area contributed by atoms with Crippen molar-refractivity contribution in [1.82, 2.24) is 5.32 Å². The van der Waals surface area contributed by atoms with E-state index in [4.69, 9.17) is 5.73 Å². The third kappa shape index (κ3) is 5.72. The molecule has 0 saturated heterocycles. The molecule has 0 spiro atoms. The van der Waals surface area contributed by atoms with Gasteiger partial charge in [-0.3, -0.25) is 19.3 Å². The molecule has 5 rings (SSSR count). The Hall–Kier alpha value is -4.17. The van der Waals surface area contributed by atoms with E-state index in [0.717, 1.165) is 42.5 Å². The van der Waals surface area contributed by atoms with Gasteiger partial charge in [-0.1, -0.05) is 42.7 Å². The Bertz CT molecular complexity index is 1400. The van der Waals surface area contributed by atoms with Crippen molar-refractivity contribution < 1.29 is 14.4 Å². The quantitative estimate of drug-likeness (QED) is 0.432. The Morgan fingerprint density at radius 2 is 1.62 bits per heavy atom. The van der Waals surface area contributed by atoms with Gasteiger partial charge in [0.15, 0.2) is 0 Å². The summed E-state index contributed by atoms with van der Waals surface area (Å²) in [5, 5.41) is 6.03. The van der Waals surface area contributed by atoms with Crippen molar-refractivity contribution >= 4 is 34.8 Å². The van der Waals surface area contributed by atoms with E-state index < -0.39 is 6.04 Å². The van der Waals surface area contributed by atoms with E-state index in [-0.39, 0.29) is 36.2 Å². The molecule has 0 radical (unpaired) electrons. The van der Waals surface area contributed by atoms with Crippen LogP contribution in [0.1, 0.15) is 70.0 Å². The van der Waals surface area contributed by atoms with Gasteiger partial charge in [0.05, 0.1) is 23.8 Å². The standard InChI is InChI=1S/C32H37N5O3/c1-20-8-10-21(11-9-20)29-19-30(38)34-27-18-23(31(39)35-26-7-5-4-6-25(26)33)14-17-28(27)37(29)32(40)22-12-15-24(16-13-22)36(2)3/h8-18,25-26,29H,4-7,19,33H2,1-3H3,(H,34,38)(H,35,39). The zero-order chi connectivity index (χ0) is 28.4. The van der Waals surface area contributed by atoms with Crippen molar-refractivity contribution in [2.24, 2.45) is 5.73 Å². The lowest BCUT2D eigenvalue weighted by Gasteiger charge is -2.31. The lowest BCUT2D eigenvalue weighted by Crippen LogP contribution is -2.49. The number of fused-ring (bicyclic) bond motifs is 1. The Morgan fingerprint density at radius 1 is 0.950 bits per heavy atom. The number of rotatable bonds is 5. The highest BCUT2D eigenvalue weighted by Gasteiger charge is 2.35.